The molecule has 0 fully saturated rings. The molecule has 0 atom stereocenters. The minimum absolute atomic E-state index is 1.88. The number of aromatic amines is 1. The van der Waals surface area contributed by atoms with Gasteiger partial charge in [0.15, 0.2) is 0 Å². The molecule has 0 bridgehead atoms. The summed E-state index contributed by atoms with van der Waals surface area (Å²) >= 11 is -2.00. The van der Waals surface area contributed by atoms with E-state index in [4.69, 9.17) is 6.65 Å². The molecule has 0 amide bonds. The van der Waals surface area contributed by atoms with Gasteiger partial charge in [0.2, 0.25) is 0 Å². The van der Waals surface area contributed by atoms with Gasteiger partial charge in [-0.1, -0.05) is 0 Å². The first-order valence-corrected chi connectivity index (χ1v) is 3.26. The van der Waals surface area contributed by atoms with Gasteiger partial charge in [-0.15, -0.1) is 0 Å². The van der Waals surface area contributed by atoms with Crippen LogP contribution >= 0.6 is 0 Å². The van der Waals surface area contributed by atoms with E-state index in [0.717, 1.165) is 0 Å². The molecule has 0 unspecified atom stereocenters. The first-order chi connectivity index (χ1) is 3.91. The van der Waals surface area contributed by atoms with Gasteiger partial charge in [-0.25, -0.2) is 0 Å². The summed E-state index contributed by atoms with van der Waals surface area (Å²) in [5.74, 6) is 0. The van der Waals surface area contributed by atoms with E-state index in [1.807, 2.05) is 24.5 Å². The maximum Gasteiger partial charge on any atom is 0.000496 e. The molecule has 1 aromatic heterocycles. The fourth-order valence-electron chi connectivity index (χ4n) is 0.278. The molecule has 0 aliphatic carbocycles. The molecule has 0 spiro atoms. The van der Waals surface area contributed by atoms with Crippen LogP contribution in [0.25, 0.3) is 0 Å². The Kier molecular flexibility index (Phi) is 6.26. The summed E-state index contributed by atoms with van der Waals surface area (Å²) in [6, 6.07) is 3.89. The maximum absolute atomic E-state index is 8.50. The van der Waals surface area contributed by atoms with Gasteiger partial charge in [-0.05, 0) is 12.1 Å². The minimum Gasteiger partial charge on any atom is -0.368 e. The molecular formula is C4H5NO2Ti. The summed E-state index contributed by atoms with van der Waals surface area (Å²) in [5.41, 5.74) is 0. The summed E-state index contributed by atoms with van der Waals surface area (Å²) in [5, 5.41) is 0. The number of rotatable bonds is 0. The van der Waals surface area contributed by atoms with E-state index < -0.39 is 19.1 Å². The van der Waals surface area contributed by atoms with Crippen LogP contribution in [0.4, 0.5) is 0 Å². The van der Waals surface area contributed by atoms with E-state index in [1.165, 1.54) is 0 Å². The van der Waals surface area contributed by atoms with Gasteiger partial charge in [-0.3, -0.25) is 0 Å². The Morgan fingerprint density at radius 2 is 1.50 bits per heavy atom. The van der Waals surface area contributed by atoms with Gasteiger partial charge < -0.3 is 4.98 Å². The van der Waals surface area contributed by atoms with Crippen LogP contribution in [-0.2, 0) is 25.7 Å². The van der Waals surface area contributed by atoms with Crippen molar-refractivity contribution in [3.8, 4) is 0 Å². The monoisotopic (exact) mass is 147 g/mol. The Hall–Kier alpha value is -0.406. The van der Waals surface area contributed by atoms with Crippen LogP contribution < -0.4 is 0 Å². The third-order valence-corrected chi connectivity index (χ3v) is 0.496. The van der Waals surface area contributed by atoms with Crippen molar-refractivity contribution in [1.29, 1.82) is 0 Å². The van der Waals surface area contributed by atoms with Gasteiger partial charge in [0.25, 0.3) is 0 Å². The Bertz CT molecular complexity index is 126. The summed E-state index contributed by atoms with van der Waals surface area (Å²) in [6.45, 7) is 0. The maximum atomic E-state index is 8.50. The third-order valence-electron chi connectivity index (χ3n) is 0.496. The van der Waals surface area contributed by atoms with Crippen molar-refractivity contribution in [2.45, 2.75) is 0 Å². The zero-order chi connectivity index (χ0) is 6.24. The van der Waals surface area contributed by atoms with Gasteiger partial charge >= 0.3 is 25.7 Å². The molecule has 8 heavy (non-hydrogen) atoms. The van der Waals surface area contributed by atoms with Crippen molar-refractivity contribution >= 4 is 0 Å². The Balaban J connectivity index is 0.000000145. The van der Waals surface area contributed by atoms with E-state index in [-0.39, 0.29) is 0 Å². The van der Waals surface area contributed by atoms with Crippen molar-refractivity contribution in [2.24, 2.45) is 0 Å². The van der Waals surface area contributed by atoms with Crippen LogP contribution in [-0.4, -0.2) is 4.98 Å². The third kappa shape index (κ3) is 5.59. The topological polar surface area (TPSA) is 49.9 Å². The molecule has 42 valence electrons. The van der Waals surface area contributed by atoms with Crippen LogP contribution in [0.5, 0.6) is 0 Å². The fourth-order valence-corrected chi connectivity index (χ4v) is 0.278. The van der Waals surface area contributed by atoms with Crippen LogP contribution in [0.2, 0.25) is 0 Å². The second-order valence-corrected chi connectivity index (χ2v) is 1.23. The standard InChI is InChI=1S/C4H5N.2O.Ti/c1-2-4-5-3-1;;;/h1-5H;;;. The summed E-state index contributed by atoms with van der Waals surface area (Å²) in [6.07, 6.45) is 3.75. The van der Waals surface area contributed by atoms with E-state index in [9.17, 15) is 0 Å². The van der Waals surface area contributed by atoms with Crippen molar-refractivity contribution in [1.82, 2.24) is 4.98 Å². The van der Waals surface area contributed by atoms with Crippen molar-refractivity contribution in [3.63, 3.8) is 0 Å². The van der Waals surface area contributed by atoms with Crippen LogP contribution in [0.3, 0.4) is 0 Å². The second-order valence-electron chi connectivity index (χ2n) is 0.968. The summed E-state index contributed by atoms with van der Waals surface area (Å²) < 4.78 is 17.0. The number of hydrogen-bond donors (Lipinski definition) is 1. The van der Waals surface area contributed by atoms with Gasteiger partial charge in [0, 0.05) is 12.4 Å². The van der Waals surface area contributed by atoms with Crippen LogP contribution in [0.1, 0.15) is 0 Å². The van der Waals surface area contributed by atoms with E-state index in [0.29, 0.717) is 0 Å². The SMILES string of the molecule is [O]=[Ti]=[O].c1cc[nH]c1. The van der Waals surface area contributed by atoms with Crippen molar-refractivity contribution < 1.29 is 25.7 Å². The zero-order valence-electron chi connectivity index (χ0n) is 4.13. The molecule has 0 aliphatic rings. The van der Waals surface area contributed by atoms with Gasteiger partial charge in [0.05, 0.1) is 0 Å². The second kappa shape index (κ2) is 6.59. The summed E-state index contributed by atoms with van der Waals surface area (Å²) in [4.78, 5) is 2.86. The van der Waals surface area contributed by atoms with Crippen molar-refractivity contribution in [2.75, 3.05) is 0 Å². The van der Waals surface area contributed by atoms with Gasteiger partial charge in [0.1, 0.15) is 0 Å². The van der Waals surface area contributed by atoms with Crippen LogP contribution in [0, 0.1) is 0 Å². The Morgan fingerprint density at radius 1 is 1.12 bits per heavy atom. The number of aromatic nitrogens is 1. The number of hydrogen-bond acceptors (Lipinski definition) is 2. The molecule has 1 N–H and O–H groups in total. The molecule has 0 aromatic carbocycles. The number of nitrogens with one attached hydrogen (secondary N) is 1. The fraction of sp³-hybridized carbons (Fsp3) is 0. The molecule has 1 aromatic rings. The molecule has 0 saturated heterocycles. The molecule has 4 heteroatoms. The van der Waals surface area contributed by atoms with Crippen molar-refractivity contribution in [3.05, 3.63) is 24.5 Å². The first-order valence-electron chi connectivity index (χ1n) is 1.99. The molecule has 1 rings (SSSR count). The van der Waals surface area contributed by atoms with E-state index >= 15 is 0 Å². The van der Waals surface area contributed by atoms with Crippen LogP contribution in [0.15, 0.2) is 24.5 Å². The Labute approximate surface area is 55.7 Å². The zero-order valence-corrected chi connectivity index (χ0v) is 5.69. The number of H-pyrrole nitrogens is 1. The molecular weight excluding hydrogens is 142 g/mol. The summed E-state index contributed by atoms with van der Waals surface area (Å²) in [7, 11) is 0. The molecule has 0 aliphatic heterocycles. The van der Waals surface area contributed by atoms with E-state index in [2.05, 4.69) is 4.98 Å². The predicted octanol–water partition coefficient (Wildman–Crippen LogP) is 0.775. The normalized spacial score (nSPS) is 6.00. The quantitative estimate of drug-likeness (QED) is 0.551. The molecule has 0 saturated carbocycles. The average molecular weight is 147 g/mol. The largest absolute Gasteiger partial charge is 0.368 e. The smallest absolute Gasteiger partial charge is 0.000496 e. The first kappa shape index (κ1) is 7.59. The van der Waals surface area contributed by atoms with Gasteiger partial charge in [-0.2, -0.15) is 0 Å². The minimum atomic E-state index is -2.00. The predicted molar refractivity (Wildman–Crippen MR) is 22.2 cm³/mol. The molecule has 0 radical (unpaired) electrons. The molecule has 3 nitrogen and oxygen atoms in total. The molecule has 1 heterocycles. The van der Waals surface area contributed by atoms with E-state index in [1.54, 1.807) is 0 Å². The average Bonchev–Trinajstić information content (AvgIpc) is 2.17. The Morgan fingerprint density at radius 3 is 1.62 bits per heavy atom.